The summed E-state index contributed by atoms with van der Waals surface area (Å²) in [5.41, 5.74) is 1.26. The molecule has 1 fully saturated rings. The van der Waals surface area contributed by atoms with Crippen molar-refractivity contribution in [2.24, 2.45) is 7.05 Å². The van der Waals surface area contributed by atoms with Crippen LogP contribution < -0.4 is 5.32 Å². The maximum Gasteiger partial charge on any atom is 0.0728 e. The van der Waals surface area contributed by atoms with E-state index in [1.54, 1.807) is 0 Å². The summed E-state index contributed by atoms with van der Waals surface area (Å²) in [5, 5.41) is 11.2. The molecule has 4 nitrogen and oxygen atoms in total. The smallest absolute Gasteiger partial charge is 0.0728 e. The first-order chi connectivity index (χ1) is 6.33. The zero-order chi connectivity index (χ0) is 9.26. The molecule has 1 N–H and O–H groups in total. The van der Waals surface area contributed by atoms with Crippen molar-refractivity contribution in [3.05, 3.63) is 11.9 Å². The summed E-state index contributed by atoms with van der Waals surface area (Å²) >= 11 is 0. The Kier molecular flexibility index (Phi) is 2.31. The molecule has 1 aliphatic rings. The van der Waals surface area contributed by atoms with Gasteiger partial charge in [0, 0.05) is 19.0 Å². The van der Waals surface area contributed by atoms with Crippen LogP contribution in [0.25, 0.3) is 0 Å². The summed E-state index contributed by atoms with van der Waals surface area (Å²) in [5.74, 6) is 0.602. The molecular weight excluding hydrogens is 164 g/mol. The number of hydrogen-bond acceptors (Lipinski definition) is 3. The largest absolute Gasteiger partial charge is 0.316 e. The lowest BCUT2D eigenvalue weighted by Crippen LogP contribution is -2.28. The third-order valence-corrected chi connectivity index (χ3v) is 3.02. The van der Waals surface area contributed by atoms with E-state index in [0.717, 1.165) is 0 Å². The standard InChI is InChI=1S/C9H16N4/c1-10-8-5-3-4-7(8)9-6-11-12-13(9)2/h6-8,10H,3-5H2,1-2H3. The molecule has 0 bridgehead atoms. The van der Waals surface area contributed by atoms with Crippen LogP contribution in [0.5, 0.6) is 0 Å². The van der Waals surface area contributed by atoms with Crippen molar-refractivity contribution in [1.82, 2.24) is 20.3 Å². The van der Waals surface area contributed by atoms with Crippen LogP contribution in [0.2, 0.25) is 0 Å². The van der Waals surface area contributed by atoms with E-state index in [9.17, 15) is 0 Å². The minimum Gasteiger partial charge on any atom is -0.316 e. The van der Waals surface area contributed by atoms with Gasteiger partial charge in [0.15, 0.2) is 0 Å². The third kappa shape index (κ3) is 1.46. The van der Waals surface area contributed by atoms with Gasteiger partial charge in [-0.1, -0.05) is 11.6 Å². The number of hydrogen-bond donors (Lipinski definition) is 1. The Morgan fingerprint density at radius 1 is 1.54 bits per heavy atom. The summed E-state index contributed by atoms with van der Waals surface area (Å²) in [6, 6.07) is 0.609. The number of rotatable bonds is 2. The van der Waals surface area contributed by atoms with E-state index in [1.807, 2.05) is 25.0 Å². The molecule has 2 rings (SSSR count). The molecule has 2 unspecified atom stereocenters. The van der Waals surface area contributed by atoms with Crippen molar-refractivity contribution in [2.45, 2.75) is 31.2 Å². The molecule has 0 aliphatic heterocycles. The topological polar surface area (TPSA) is 42.7 Å². The monoisotopic (exact) mass is 180 g/mol. The molecule has 1 aromatic rings. The number of likely N-dealkylation sites (N-methyl/N-ethyl adjacent to an activating group) is 1. The molecule has 1 aliphatic carbocycles. The van der Waals surface area contributed by atoms with Gasteiger partial charge in [0.2, 0.25) is 0 Å². The van der Waals surface area contributed by atoms with Crippen molar-refractivity contribution in [3.63, 3.8) is 0 Å². The predicted octanol–water partition coefficient (Wildman–Crippen LogP) is 0.671. The fraction of sp³-hybridized carbons (Fsp3) is 0.778. The van der Waals surface area contributed by atoms with Gasteiger partial charge in [-0.2, -0.15) is 0 Å². The maximum absolute atomic E-state index is 3.97. The zero-order valence-corrected chi connectivity index (χ0v) is 8.20. The molecule has 0 saturated heterocycles. The Hall–Kier alpha value is -0.900. The molecular formula is C9H16N4. The Bertz CT molecular complexity index is 281. The Labute approximate surface area is 78.3 Å². The van der Waals surface area contributed by atoms with E-state index >= 15 is 0 Å². The molecule has 1 saturated carbocycles. The van der Waals surface area contributed by atoms with E-state index in [-0.39, 0.29) is 0 Å². The zero-order valence-electron chi connectivity index (χ0n) is 8.20. The fourth-order valence-corrected chi connectivity index (χ4v) is 2.29. The van der Waals surface area contributed by atoms with Gasteiger partial charge in [-0.25, -0.2) is 0 Å². The minimum atomic E-state index is 0.602. The highest BCUT2D eigenvalue weighted by atomic mass is 15.4. The second-order valence-electron chi connectivity index (χ2n) is 3.72. The Morgan fingerprint density at radius 3 is 3.00 bits per heavy atom. The molecule has 2 atom stereocenters. The molecule has 1 aromatic heterocycles. The SMILES string of the molecule is CNC1CCCC1c1cnnn1C. The summed E-state index contributed by atoms with van der Waals surface area (Å²) in [6.07, 6.45) is 5.72. The number of aryl methyl sites for hydroxylation is 1. The first-order valence-corrected chi connectivity index (χ1v) is 4.84. The third-order valence-electron chi connectivity index (χ3n) is 3.02. The van der Waals surface area contributed by atoms with E-state index in [0.29, 0.717) is 12.0 Å². The number of aromatic nitrogens is 3. The van der Waals surface area contributed by atoms with E-state index < -0.39 is 0 Å². The molecule has 13 heavy (non-hydrogen) atoms. The summed E-state index contributed by atoms with van der Waals surface area (Å²) < 4.78 is 1.89. The van der Waals surface area contributed by atoms with E-state index in [4.69, 9.17) is 0 Å². The van der Waals surface area contributed by atoms with Crippen molar-refractivity contribution in [1.29, 1.82) is 0 Å². The molecule has 0 aromatic carbocycles. The average Bonchev–Trinajstić information content (AvgIpc) is 2.71. The van der Waals surface area contributed by atoms with E-state index in [1.165, 1.54) is 25.0 Å². The van der Waals surface area contributed by atoms with Gasteiger partial charge in [-0.3, -0.25) is 4.68 Å². The lowest BCUT2D eigenvalue weighted by Gasteiger charge is -2.18. The van der Waals surface area contributed by atoms with Crippen molar-refractivity contribution in [3.8, 4) is 0 Å². The highest BCUT2D eigenvalue weighted by Crippen LogP contribution is 2.33. The van der Waals surface area contributed by atoms with Gasteiger partial charge in [0.25, 0.3) is 0 Å². The van der Waals surface area contributed by atoms with Crippen LogP contribution in [0.15, 0.2) is 6.20 Å². The van der Waals surface area contributed by atoms with Crippen LogP contribution in [0, 0.1) is 0 Å². The van der Waals surface area contributed by atoms with Gasteiger partial charge >= 0.3 is 0 Å². The molecule has 1 heterocycles. The normalized spacial score (nSPS) is 28.2. The van der Waals surface area contributed by atoms with Crippen LogP contribution in [-0.2, 0) is 7.05 Å². The van der Waals surface area contributed by atoms with Crippen molar-refractivity contribution < 1.29 is 0 Å². The molecule has 4 heteroatoms. The molecule has 72 valence electrons. The van der Waals surface area contributed by atoms with Gasteiger partial charge in [-0.05, 0) is 19.9 Å². The second-order valence-corrected chi connectivity index (χ2v) is 3.72. The Balaban J connectivity index is 2.20. The first kappa shape index (κ1) is 8.69. The van der Waals surface area contributed by atoms with Crippen LogP contribution in [0.1, 0.15) is 30.9 Å². The summed E-state index contributed by atoms with van der Waals surface area (Å²) in [4.78, 5) is 0. The van der Waals surface area contributed by atoms with Gasteiger partial charge in [-0.15, -0.1) is 5.10 Å². The molecule has 0 radical (unpaired) electrons. The summed E-state index contributed by atoms with van der Waals surface area (Å²) in [6.45, 7) is 0. The first-order valence-electron chi connectivity index (χ1n) is 4.84. The van der Waals surface area contributed by atoms with Crippen LogP contribution in [0.4, 0.5) is 0 Å². The number of nitrogens with zero attached hydrogens (tertiary/aromatic N) is 3. The van der Waals surface area contributed by atoms with Gasteiger partial charge < -0.3 is 5.32 Å². The molecule has 0 amide bonds. The summed E-state index contributed by atoms with van der Waals surface area (Å²) in [7, 11) is 4.00. The predicted molar refractivity (Wildman–Crippen MR) is 50.4 cm³/mol. The highest BCUT2D eigenvalue weighted by molar-refractivity contribution is 5.09. The fourth-order valence-electron chi connectivity index (χ4n) is 2.29. The van der Waals surface area contributed by atoms with E-state index in [2.05, 4.69) is 15.6 Å². The quantitative estimate of drug-likeness (QED) is 0.727. The maximum atomic E-state index is 3.97. The minimum absolute atomic E-state index is 0.602. The van der Waals surface area contributed by atoms with Crippen LogP contribution >= 0.6 is 0 Å². The average molecular weight is 180 g/mol. The second kappa shape index (κ2) is 3.46. The number of nitrogens with one attached hydrogen (secondary N) is 1. The van der Waals surface area contributed by atoms with Crippen LogP contribution in [0.3, 0.4) is 0 Å². The lowest BCUT2D eigenvalue weighted by atomic mass is 10.0. The van der Waals surface area contributed by atoms with Gasteiger partial charge in [0.05, 0.1) is 11.9 Å². The van der Waals surface area contributed by atoms with Crippen LogP contribution in [-0.4, -0.2) is 28.1 Å². The van der Waals surface area contributed by atoms with Gasteiger partial charge in [0.1, 0.15) is 0 Å². The highest BCUT2D eigenvalue weighted by Gasteiger charge is 2.29. The van der Waals surface area contributed by atoms with Crippen molar-refractivity contribution in [2.75, 3.05) is 7.05 Å². The lowest BCUT2D eigenvalue weighted by molar-refractivity contribution is 0.493. The van der Waals surface area contributed by atoms with Crippen molar-refractivity contribution >= 4 is 0 Å². The Morgan fingerprint density at radius 2 is 2.38 bits per heavy atom. The molecule has 0 spiro atoms.